The van der Waals surface area contributed by atoms with Gasteiger partial charge in [0.05, 0.1) is 18.8 Å². The van der Waals surface area contributed by atoms with Crippen LogP contribution in [0.5, 0.6) is 5.75 Å². The molecular formula is C28H35NO7. The zero-order chi connectivity index (χ0) is 26.0. The predicted octanol–water partition coefficient (Wildman–Crippen LogP) is 3.89. The van der Waals surface area contributed by atoms with Crippen molar-refractivity contribution in [1.29, 1.82) is 0 Å². The molecule has 2 aromatic rings. The average Bonchev–Trinajstić information content (AvgIpc) is 2.82. The maximum Gasteiger partial charge on any atom is 0.345 e. The molecule has 2 fully saturated rings. The highest BCUT2D eigenvalue weighted by atomic mass is 16.5. The van der Waals surface area contributed by atoms with E-state index in [1.54, 1.807) is 30.6 Å². The van der Waals surface area contributed by atoms with Crippen LogP contribution in [-0.2, 0) is 9.53 Å². The van der Waals surface area contributed by atoms with Crippen LogP contribution in [0.15, 0.2) is 39.8 Å². The lowest BCUT2D eigenvalue weighted by molar-refractivity contribution is -0.257. The molecule has 2 aromatic heterocycles. The highest BCUT2D eigenvalue weighted by molar-refractivity contribution is 5.66. The van der Waals surface area contributed by atoms with Crippen molar-refractivity contribution in [3.8, 4) is 17.1 Å². The second-order valence-corrected chi connectivity index (χ2v) is 11.7. The van der Waals surface area contributed by atoms with Gasteiger partial charge in [-0.2, -0.15) is 0 Å². The van der Waals surface area contributed by atoms with Crippen molar-refractivity contribution in [3.63, 3.8) is 0 Å². The van der Waals surface area contributed by atoms with Gasteiger partial charge in [0.25, 0.3) is 0 Å². The number of esters is 1. The van der Waals surface area contributed by atoms with Crippen molar-refractivity contribution < 1.29 is 28.9 Å². The molecule has 0 bridgehead atoms. The van der Waals surface area contributed by atoms with E-state index in [4.69, 9.17) is 13.9 Å². The molecule has 2 N–H and O–H groups in total. The van der Waals surface area contributed by atoms with Crippen molar-refractivity contribution in [3.05, 3.63) is 46.6 Å². The fourth-order valence-corrected chi connectivity index (χ4v) is 7.55. The topological polar surface area (TPSA) is 119 Å². The number of aliphatic hydroxyl groups excluding tert-OH is 2. The lowest BCUT2D eigenvalue weighted by atomic mass is 9.41. The molecule has 5 rings (SSSR count). The van der Waals surface area contributed by atoms with Gasteiger partial charge in [0.1, 0.15) is 22.7 Å². The van der Waals surface area contributed by atoms with Crippen LogP contribution in [0.25, 0.3) is 11.3 Å². The van der Waals surface area contributed by atoms with E-state index in [0.717, 1.165) is 12.8 Å². The summed E-state index contributed by atoms with van der Waals surface area (Å²) < 4.78 is 17.6. The van der Waals surface area contributed by atoms with Gasteiger partial charge in [0.2, 0.25) is 0 Å². The Morgan fingerprint density at radius 2 is 2.03 bits per heavy atom. The minimum Gasteiger partial charge on any atom is -0.484 e. The molecule has 3 aliphatic rings. The molecule has 3 heterocycles. The number of fused-ring (bicyclic) bond motifs is 4. The monoisotopic (exact) mass is 497 g/mol. The van der Waals surface area contributed by atoms with E-state index in [2.05, 4.69) is 25.8 Å². The van der Waals surface area contributed by atoms with Crippen LogP contribution < -0.4 is 10.4 Å². The number of rotatable bonds is 3. The second kappa shape index (κ2) is 8.42. The van der Waals surface area contributed by atoms with Gasteiger partial charge in [-0.15, -0.1) is 0 Å². The third-order valence-corrected chi connectivity index (χ3v) is 9.71. The predicted molar refractivity (Wildman–Crippen MR) is 131 cm³/mol. The highest BCUT2D eigenvalue weighted by Gasteiger charge is 2.68. The third kappa shape index (κ3) is 3.52. The maximum absolute atomic E-state index is 13.2. The number of carbonyl (C=O) groups excluding carboxylic acids is 1. The van der Waals surface area contributed by atoms with E-state index >= 15 is 0 Å². The van der Waals surface area contributed by atoms with E-state index in [0.29, 0.717) is 12.0 Å². The Bertz CT molecular complexity index is 1230. The first-order valence-corrected chi connectivity index (χ1v) is 12.7. The van der Waals surface area contributed by atoms with E-state index < -0.39 is 40.2 Å². The summed E-state index contributed by atoms with van der Waals surface area (Å²) in [5, 5.41) is 23.3. The van der Waals surface area contributed by atoms with Crippen LogP contribution in [0.4, 0.5) is 0 Å². The quantitative estimate of drug-likeness (QED) is 0.613. The summed E-state index contributed by atoms with van der Waals surface area (Å²) in [5.41, 5.74) is -1.98. The van der Waals surface area contributed by atoms with Crippen molar-refractivity contribution in [1.82, 2.24) is 4.98 Å². The van der Waals surface area contributed by atoms with Gasteiger partial charge in [-0.3, -0.25) is 9.78 Å². The SMILES string of the molecule is CC(=O)OC[C@]1(C)C2C[C@H](O)[C@@]3(C)Oc4cc(-c5cccnc5)oc(=O)c4C(O)C3[C@@]2(C)CC[C@@H]1C. The number of hydrogen-bond donors (Lipinski definition) is 2. The van der Waals surface area contributed by atoms with Gasteiger partial charge >= 0.3 is 11.6 Å². The summed E-state index contributed by atoms with van der Waals surface area (Å²) in [6, 6.07) is 5.12. The van der Waals surface area contributed by atoms with Crippen LogP contribution in [0, 0.1) is 28.6 Å². The fraction of sp³-hybridized carbons (Fsp3) is 0.607. The molecule has 3 unspecified atom stereocenters. The number of hydrogen-bond acceptors (Lipinski definition) is 8. The first-order valence-electron chi connectivity index (χ1n) is 12.7. The summed E-state index contributed by atoms with van der Waals surface area (Å²) in [5.74, 6) is -0.216. The number of pyridine rings is 1. The number of nitrogens with zero attached hydrogens (tertiary/aromatic N) is 1. The largest absolute Gasteiger partial charge is 0.484 e. The summed E-state index contributed by atoms with van der Waals surface area (Å²) in [4.78, 5) is 29.0. The molecule has 194 valence electrons. The summed E-state index contributed by atoms with van der Waals surface area (Å²) >= 11 is 0. The molecule has 1 aliphatic heterocycles. The molecule has 0 aromatic carbocycles. The van der Waals surface area contributed by atoms with Crippen molar-refractivity contribution in [2.24, 2.45) is 28.6 Å². The molecule has 36 heavy (non-hydrogen) atoms. The van der Waals surface area contributed by atoms with Crippen LogP contribution in [0.2, 0.25) is 0 Å². The number of aromatic nitrogens is 1. The van der Waals surface area contributed by atoms with Crippen LogP contribution in [0.1, 0.15) is 65.5 Å². The van der Waals surface area contributed by atoms with Crippen molar-refractivity contribution in [2.75, 3.05) is 6.61 Å². The van der Waals surface area contributed by atoms with Crippen LogP contribution >= 0.6 is 0 Å². The lowest BCUT2D eigenvalue weighted by Crippen LogP contribution is -2.70. The third-order valence-electron chi connectivity index (χ3n) is 9.71. The number of carbonyl (C=O) groups is 1. The zero-order valence-corrected chi connectivity index (χ0v) is 21.5. The van der Waals surface area contributed by atoms with Gasteiger partial charge < -0.3 is 24.1 Å². The summed E-state index contributed by atoms with van der Waals surface area (Å²) in [7, 11) is 0. The molecule has 8 heteroatoms. The van der Waals surface area contributed by atoms with Crippen LogP contribution in [-0.4, -0.2) is 39.5 Å². The van der Waals surface area contributed by atoms with Gasteiger partial charge in [-0.1, -0.05) is 20.8 Å². The van der Waals surface area contributed by atoms with Crippen molar-refractivity contribution in [2.45, 2.75) is 71.7 Å². The Labute approximate surface area is 210 Å². The molecular weight excluding hydrogens is 462 g/mol. The normalized spacial score (nSPS) is 39.2. The van der Waals surface area contributed by atoms with E-state index in [-0.39, 0.29) is 41.5 Å². The summed E-state index contributed by atoms with van der Waals surface area (Å²) in [6.07, 6.45) is 3.21. The fourth-order valence-electron chi connectivity index (χ4n) is 7.55. The molecule has 8 atom stereocenters. The van der Waals surface area contributed by atoms with Gasteiger partial charge in [-0.05, 0) is 55.6 Å². The second-order valence-electron chi connectivity index (χ2n) is 11.7. The number of ether oxygens (including phenoxy) is 2. The first kappa shape index (κ1) is 25.0. The lowest BCUT2D eigenvalue weighted by Gasteiger charge is -2.66. The van der Waals surface area contributed by atoms with Crippen molar-refractivity contribution >= 4 is 5.97 Å². The van der Waals surface area contributed by atoms with Gasteiger partial charge in [-0.25, -0.2) is 4.79 Å². The summed E-state index contributed by atoms with van der Waals surface area (Å²) in [6.45, 7) is 9.85. The van der Waals surface area contributed by atoms with Gasteiger partial charge in [0, 0.05) is 42.3 Å². The Balaban J connectivity index is 1.61. The van der Waals surface area contributed by atoms with Gasteiger partial charge in [0.15, 0.2) is 0 Å². The molecule has 8 nitrogen and oxygen atoms in total. The minimum atomic E-state index is -1.19. The highest BCUT2D eigenvalue weighted by Crippen LogP contribution is 2.67. The average molecular weight is 498 g/mol. The number of aliphatic hydroxyl groups is 2. The Hall–Kier alpha value is -2.71. The molecule has 0 radical (unpaired) electrons. The smallest absolute Gasteiger partial charge is 0.345 e. The Morgan fingerprint density at radius 1 is 1.28 bits per heavy atom. The molecule has 2 aliphatic carbocycles. The zero-order valence-electron chi connectivity index (χ0n) is 21.5. The minimum absolute atomic E-state index is 0.0670. The molecule has 0 saturated heterocycles. The standard InChI is InChI=1S/C28H35NO7/c1-15-8-9-26(3)20(27(15,4)14-34-16(2)30)12-21(31)28(5)24(26)23(32)22-19(36-28)11-18(35-25(22)33)17-7-6-10-29-13-17/h6-7,10-11,13,15,20-21,23-24,31-32H,8-9,12,14H2,1-5H3/t15-,20?,21-,23?,24?,26-,27-,28+/m0/s1. The molecule has 2 saturated carbocycles. The van der Waals surface area contributed by atoms with E-state index in [1.165, 1.54) is 6.92 Å². The molecule has 0 amide bonds. The Morgan fingerprint density at radius 3 is 2.69 bits per heavy atom. The van der Waals surface area contributed by atoms with E-state index in [1.807, 2.05) is 6.92 Å². The maximum atomic E-state index is 13.2. The van der Waals surface area contributed by atoms with E-state index in [9.17, 15) is 19.8 Å². The van der Waals surface area contributed by atoms with Crippen LogP contribution in [0.3, 0.4) is 0 Å². The first-order chi connectivity index (χ1) is 16.9. The molecule has 0 spiro atoms. The Kier molecular flexibility index (Phi) is 5.84.